The summed E-state index contributed by atoms with van der Waals surface area (Å²) in [6.45, 7) is 3.08. The largest absolute Gasteiger partial charge is 0.392 e. The Morgan fingerprint density at radius 3 is 3.00 bits per heavy atom. The molecule has 0 aliphatic carbocycles. The highest BCUT2D eigenvalue weighted by molar-refractivity contribution is 5.02. The SMILES string of the molecule is C[C@H](O)CNCc1ccccn1. The Morgan fingerprint density at radius 1 is 1.58 bits per heavy atom. The maximum Gasteiger partial charge on any atom is 0.0636 e. The summed E-state index contributed by atoms with van der Waals surface area (Å²) in [7, 11) is 0. The molecular formula is C9H14N2O. The summed E-state index contributed by atoms with van der Waals surface area (Å²) in [6, 6.07) is 5.79. The highest BCUT2D eigenvalue weighted by Crippen LogP contribution is 1.91. The van der Waals surface area contributed by atoms with E-state index in [9.17, 15) is 0 Å². The highest BCUT2D eigenvalue weighted by atomic mass is 16.3. The van der Waals surface area contributed by atoms with Crippen molar-refractivity contribution in [1.29, 1.82) is 0 Å². The zero-order valence-electron chi connectivity index (χ0n) is 7.20. The second kappa shape index (κ2) is 4.85. The number of rotatable bonds is 4. The van der Waals surface area contributed by atoms with Crippen LogP contribution >= 0.6 is 0 Å². The second-order valence-corrected chi connectivity index (χ2v) is 2.80. The van der Waals surface area contributed by atoms with Gasteiger partial charge < -0.3 is 10.4 Å². The van der Waals surface area contributed by atoms with Crippen LogP contribution in [0.2, 0.25) is 0 Å². The van der Waals surface area contributed by atoms with Gasteiger partial charge in [-0.1, -0.05) is 6.07 Å². The standard InChI is InChI=1S/C9H14N2O/c1-8(12)6-10-7-9-4-2-3-5-11-9/h2-5,8,10,12H,6-7H2,1H3/t8-/m0/s1. The lowest BCUT2D eigenvalue weighted by molar-refractivity contribution is 0.191. The third kappa shape index (κ3) is 3.46. The van der Waals surface area contributed by atoms with Crippen LogP contribution in [0.3, 0.4) is 0 Å². The van der Waals surface area contributed by atoms with Crippen LogP contribution in [0.1, 0.15) is 12.6 Å². The normalized spacial score (nSPS) is 12.8. The minimum absolute atomic E-state index is 0.297. The van der Waals surface area contributed by atoms with Gasteiger partial charge in [-0.05, 0) is 19.1 Å². The van der Waals surface area contributed by atoms with Gasteiger partial charge in [0.2, 0.25) is 0 Å². The van der Waals surface area contributed by atoms with Crippen molar-refractivity contribution in [3.63, 3.8) is 0 Å². The van der Waals surface area contributed by atoms with Gasteiger partial charge in [0.15, 0.2) is 0 Å². The van der Waals surface area contributed by atoms with E-state index >= 15 is 0 Å². The van der Waals surface area contributed by atoms with Crippen molar-refractivity contribution in [2.24, 2.45) is 0 Å². The van der Waals surface area contributed by atoms with Crippen molar-refractivity contribution in [2.45, 2.75) is 19.6 Å². The van der Waals surface area contributed by atoms with Gasteiger partial charge in [0, 0.05) is 19.3 Å². The van der Waals surface area contributed by atoms with Gasteiger partial charge in [-0.2, -0.15) is 0 Å². The van der Waals surface area contributed by atoms with E-state index in [0.29, 0.717) is 13.1 Å². The molecule has 0 aliphatic heterocycles. The number of aliphatic hydroxyl groups excluding tert-OH is 1. The molecule has 2 N–H and O–H groups in total. The summed E-state index contributed by atoms with van der Waals surface area (Å²) in [4.78, 5) is 4.13. The number of aliphatic hydroxyl groups is 1. The van der Waals surface area contributed by atoms with Crippen LogP contribution in [0, 0.1) is 0 Å². The number of aromatic nitrogens is 1. The Labute approximate surface area is 72.5 Å². The predicted molar refractivity (Wildman–Crippen MR) is 47.6 cm³/mol. The molecule has 1 aromatic rings. The van der Waals surface area contributed by atoms with E-state index in [1.165, 1.54) is 0 Å². The molecule has 1 heterocycles. The molecule has 0 saturated heterocycles. The van der Waals surface area contributed by atoms with E-state index < -0.39 is 0 Å². The minimum atomic E-state index is -0.297. The average Bonchev–Trinajstić information content (AvgIpc) is 2.05. The predicted octanol–water partition coefficient (Wildman–Crippen LogP) is 0.552. The molecule has 0 saturated carbocycles. The number of hydrogen-bond donors (Lipinski definition) is 2. The molecule has 0 fully saturated rings. The lowest BCUT2D eigenvalue weighted by Crippen LogP contribution is -2.24. The molecule has 66 valence electrons. The Kier molecular flexibility index (Phi) is 3.70. The molecule has 0 radical (unpaired) electrons. The van der Waals surface area contributed by atoms with Gasteiger partial charge in [-0.25, -0.2) is 0 Å². The van der Waals surface area contributed by atoms with Crippen LogP contribution in [-0.2, 0) is 6.54 Å². The maximum absolute atomic E-state index is 8.95. The van der Waals surface area contributed by atoms with Crippen molar-refractivity contribution in [3.8, 4) is 0 Å². The molecule has 0 spiro atoms. The molecule has 0 amide bonds. The fraction of sp³-hybridized carbons (Fsp3) is 0.444. The maximum atomic E-state index is 8.95. The molecule has 0 aromatic carbocycles. The molecule has 3 heteroatoms. The summed E-state index contributed by atoms with van der Waals surface area (Å²) in [5.74, 6) is 0. The molecule has 1 rings (SSSR count). The van der Waals surface area contributed by atoms with Crippen LogP contribution < -0.4 is 5.32 Å². The number of nitrogens with one attached hydrogen (secondary N) is 1. The topological polar surface area (TPSA) is 45.1 Å². The van der Waals surface area contributed by atoms with Crippen LogP contribution in [-0.4, -0.2) is 22.7 Å². The second-order valence-electron chi connectivity index (χ2n) is 2.80. The molecule has 1 atom stereocenters. The minimum Gasteiger partial charge on any atom is -0.392 e. The summed E-state index contributed by atoms with van der Waals surface area (Å²) in [5, 5.41) is 12.0. The highest BCUT2D eigenvalue weighted by Gasteiger charge is 1.95. The van der Waals surface area contributed by atoms with Gasteiger partial charge >= 0.3 is 0 Å². The first kappa shape index (κ1) is 9.16. The monoisotopic (exact) mass is 166 g/mol. The van der Waals surface area contributed by atoms with E-state index in [4.69, 9.17) is 5.11 Å². The Bertz CT molecular complexity index is 211. The smallest absolute Gasteiger partial charge is 0.0636 e. The van der Waals surface area contributed by atoms with Crippen LogP contribution in [0.4, 0.5) is 0 Å². The fourth-order valence-electron chi connectivity index (χ4n) is 0.912. The third-order valence-electron chi connectivity index (χ3n) is 1.47. The quantitative estimate of drug-likeness (QED) is 0.686. The average molecular weight is 166 g/mol. The molecule has 1 aromatic heterocycles. The van der Waals surface area contributed by atoms with Crippen molar-refractivity contribution in [3.05, 3.63) is 30.1 Å². The van der Waals surface area contributed by atoms with Gasteiger partial charge in [0.05, 0.1) is 11.8 Å². The molecule has 0 aliphatic rings. The first-order valence-corrected chi connectivity index (χ1v) is 4.07. The molecule has 12 heavy (non-hydrogen) atoms. The lowest BCUT2D eigenvalue weighted by atomic mass is 10.3. The fourth-order valence-corrected chi connectivity index (χ4v) is 0.912. The van der Waals surface area contributed by atoms with Crippen molar-refractivity contribution < 1.29 is 5.11 Å². The van der Waals surface area contributed by atoms with Gasteiger partial charge in [-0.3, -0.25) is 4.98 Å². The third-order valence-corrected chi connectivity index (χ3v) is 1.47. The lowest BCUT2D eigenvalue weighted by Gasteiger charge is -2.05. The number of nitrogens with zero attached hydrogens (tertiary/aromatic N) is 1. The van der Waals surface area contributed by atoms with E-state index in [2.05, 4.69) is 10.3 Å². The van der Waals surface area contributed by atoms with Gasteiger partial charge in [-0.15, -0.1) is 0 Å². The molecule has 3 nitrogen and oxygen atoms in total. The molecule has 0 unspecified atom stereocenters. The van der Waals surface area contributed by atoms with Crippen LogP contribution in [0.5, 0.6) is 0 Å². The zero-order chi connectivity index (χ0) is 8.81. The first-order valence-electron chi connectivity index (χ1n) is 4.07. The summed E-state index contributed by atoms with van der Waals surface area (Å²) in [6.07, 6.45) is 1.47. The Morgan fingerprint density at radius 2 is 2.42 bits per heavy atom. The summed E-state index contributed by atoms with van der Waals surface area (Å²) >= 11 is 0. The van der Waals surface area contributed by atoms with E-state index in [1.807, 2.05) is 18.2 Å². The van der Waals surface area contributed by atoms with Crippen molar-refractivity contribution in [2.75, 3.05) is 6.54 Å². The molecular weight excluding hydrogens is 152 g/mol. The van der Waals surface area contributed by atoms with Gasteiger partial charge in [0.1, 0.15) is 0 Å². The van der Waals surface area contributed by atoms with Crippen LogP contribution in [0.25, 0.3) is 0 Å². The number of hydrogen-bond acceptors (Lipinski definition) is 3. The van der Waals surface area contributed by atoms with E-state index in [-0.39, 0.29) is 6.10 Å². The van der Waals surface area contributed by atoms with E-state index in [0.717, 1.165) is 5.69 Å². The zero-order valence-corrected chi connectivity index (χ0v) is 7.20. The summed E-state index contributed by atoms with van der Waals surface area (Å²) < 4.78 is 0. The summed E-state index contributed by atoms with van der Waals surface area (Å²) in [5.41, 5.74) is 0.998. The van der Waals surface area contributed by atoms with Crippen molar-refractivity contribution >= 4 is 0 Å². The van der Waals surface area contributed by atoms with Crippen molar-refractivity contribution in [1.82, 2.24) is 10.3 Å². The van der Waals surface area contributed by atoms with E-state index in [1.54, 1.807) is 13.1 Å². The van der Waals surface area contributed by atoms with Crippen LogP contribution in [0.15, 0.2) is 24.4 Å². The Hall–Kier alpha value is -0.930. The first-order chi connectivity index (χ1) is 5.79. The van der Waals surface area contributed by atoms with Gasteiger partial charge in [0.25, 0.3) is 0 Å². The molecule has 0 bridgehead atoms. The number of pyridine rings is 1. The Balaban J connectivity index is 2.25.